The van der Waals surface area contributed by atoms with E-state index in [9.17, 15) is 9.18 Å². The maximum Gasteiger partial charge on any atom is 0.258 e. The van der Waals surface area contributed by atoms with Gasteiger partial charge >= 0.3 is 0 Å². The Hall–Kier alpha value is -3.07. The van der Waals surface area contributed by atoms with Crippen LogP contribution in [0.5, 0.6) is 5.75 Å². The van der Waals surface area contributed by atoms with Crippen LogP contribution in [0.25, 0.3) is 0 Å². The number of methoxy groups -OCH3 is 1. The summed E-state index contributed by atoms with van der Waals surface area (Å²) in [7, 11) is 1.56. The molecule has 0 aliphatic carbocycles. The van der Waals surface area contributed by atoms with E-state index in [0.29, 0.717) is 11.4 Å². The Morgan fingerprint density at radius 1 is 1.19 bits per heavy atom. The average molecular weight is 353 g/mol. The second kappa shape index (κ2) is 7.87. The number of carbonyl (C=O) groups excluding carboxylic acids is 1. The van der Waals surface area contributed by atoms with Crippen LogP contribution in [0.2, 0.25) is 0 Å². The Morgan fingerprint density at radius 3 is 2.62 bits per heavy atom. The first-order chi connectivity index (χ1) is 12.6. The number of anilines is 2. The Balaban J connectivity index is 1.90. The van der Waals surface area contributed by atoms with Gasteiger partial charge in [-0.3, -0.25) is 4.79 Å². The average Bonchev–Trinajstić information content (AvgIpc) is 2.68. The van der Waals surface area contributed by atoms with Crippen LogP contribution >= 0.6 is 0 Å². The van der Waals surface area contributed by atoms with E-state index >= 15 is 0 Å². The van der Waals surface area contributed by atoms with E-state index in [0.717, 1.165) is 37.7 Å². The molecule has 6 heteroatoms. The molecule has 0 saturated carbocycles. The normalized spacial score (nSPS) is 13.8. The maximum atomic E-state index is 14.1. The van der Waals surface area contributed by atoms with Crippen LogP contribution in [0.1, 0.15) is 35.2 Å². The summed E-state index contributed by atoms with van der Waals surface area (Å²) in [6.45, 7) is 1.83. The number of nitrogens with zero attached hydrogens (tertiary/aromatic N) is 2. The zero-order chi connectivity index (χ0) is 18.5. The number of amides is 1. The Labute approximate surface area is 152 Å². The van der Waals surface area contributed by atoms with E-state index < -0.39 is 11.7 Å². The van der Waals surface area contributed by atoms with Crippen molar-refractivity contribution in [2.75, 3.05) is 30.4 Å². The largest absolute Gasteiger partial charge is 0.497 e. The molecule has 1 saturated heterocycles. The fraction of sp³-hybridized carbons (Fsp3) is 0.300. The summed E-state index contributed by atoms with van der Waals surface area (Å²) in [6.07, 6.45) is 3.40. The third-order valence-corrected chi connectivity index (χ3v) is 4.49. The van der Waals surface area contributed by atoms with E-state index in [2.05, 4.69) is 10.2 Å². The summed E-state index contributed by atoms with van der Waals surface area (Å²) in [5.41, 5.74) is 1.55. The summed E-state index contributed by atoms with van der Waals surface area (Å²) in [6, 6.07) is 11.2. The van der Waals surface area contributed by atoms with E-state index in [4.69, 9.17) is 10.00 Å². The first kappa shape index (κ1) is 17.7. The first-order valence-corrected chi connectivity index (χ1v) is 8.56. The Bertz CT molecular complexity index is 855. The molecule has 1 fully saturated rings. The van der Waals surface area contributed by atoms with Crippen molar-refractivity contribution in [2.45, 2.75) is 19.3 Å². The monoisotopic (exact) mass is 353 g/mol. The number of halogens is 1. The van der Waals surface area contributed by atoms with Gasteiger partial charge in [0, 0.05) is 19.2 Å². The van der Waals surface area contributed by atoms with E-state index in [1.807, 2.05) is 18.2 Å². The molecular weight excluding hydrogens is 333 g/mol. The molecule has 5 nitrogen and oxygen atoms in total. The molecule has 0 aromatic heterocycles. The number of hydrogen-bond acceptors (Lipinski definition) is 4. The maximum absolute atomic E-state index is 14.1. The second-order valence-corrected chi connectivity index (χ2v) is 6.19. The number of hydrogen-bond donors (Lipinski definition) is 1. The highest BCUT2D eigenvalue weighted by atomic mass is 19.1. The molecule has 3 rings (SSSR count). The third-order valence-electron chi connectivity index (χ3n) is 4.49. The van der Waals surface area contributed by atoms with Gasteiger partial charge in [-0.2, -0.15) is 5.26 Å². The van der Waals surface area contributed by atoms with Gasteiger partial charge in [-0.05, 0) is 49.6 Å². The van der Waals surface area contributed by atoms with Gasteiger partial charge in [0.05, 0.1) is 35.7 Å². The van der Waals surface area contributed by atoms with E-state index in [1.54, 1.807) is 13.2 Å². The molecule has 26 heavy (non-hydrogen) atoms. The van der Waals surface area contributed by atoms with Crippen LogP contribution < -0.4 is 15.0 Å². The standard InChI is InChI=1S/C20H20FN3O2/c1-26-15-6-8-19(24-9-3-2-4-10-24)18(12-15)23-20(25)16-7-5-14(13-22)11-17(16)21/h5-8,11-12H,2-4,9-10H2,1H3,(H,23,25). The van der Waals surface area contributed by atoms with Crippen LogP contribution in [0, 0.1) is 17.1 Å². The predicted molar refractivity (Wildman–Crippen MR) is 98.1 cm³/mol. The summed E-state index contributed by atoms with van der Waals surface area (Å²) in [5, 5.41) is 11.6. The SMILES string of the molecule is COc1ccc(N2CCCCC2)c(NC(=O)c2ccc(C#N)cc2F)c1. The van der Waals surface area contributed by atoms with Crippen LogP contribution in [-0.4, -0.2) is 26.1 Å². The fourth-order valence-electron chi connectivity index (χ4n) is 3.11. The molecule has 1 amide bonds. The highest BCUT2D eigenvalue weighted by Gasteiger charge is 2.19. The molecule has 1 N–H and O–H groups in total. The molecule has 0 spiro atoms. The first-order valence-electron chi connectivity index (χ1n) is 8.56. The lowest BCUT2D eigenvalue weighted by molar-refractivity contribution is 0.102. The lowest BCUT2D eigenvalue weighted by atomic mass is 10.1. The number of nitrogens with one attached hydrogen (secondary N) is 1. The van der Waals surface area contributed by atoms with Crippen LogP contribution in [-0.2, 0) is 0 Å². The third kappa shape index (κ3) is 3.77. The lowest BCUT2D eigenvalue weighted by Gasteiger charge is -2.30. The second-order valence-electron chi connectivity index (χ2n) is 6.19. The number of nitriles is 1. The lowest BCUT2D eigenvalue weighted by Crippen LogP contribution is -2.30. The van der Waals surface area contributed by atoms with Crippen molar-refractivity contribution in [3.8, 4) is 11.8 Å². The minimum Gasteiger partial charge on any atom is -0.497 e. The number of benzene rings is 2. The summed E-state index contributed by atoms with van der Waals surface area (Å²) in [5.74, 6) is -0.663. The van der Waals surface area contributed by atoms with Crippen molar-refractivity contribution in [3.05, 3.63) is 53.3 Å². The van der Waals surface area contributed by atoms with Crippen molar-refractivity contribution in [3.63, 3.8) is 0 Å². The van der Waals surface area contributed by atoms with E-state index in [1.165, 1.54) is 18.6 Å². The van der Waals surface area contributed by atoms with Crippen molar-refractivity contribution in [2.24, 2.45) is 0 Å². The minimum absolute atomic E-state index is 0.101. The molecular formula is C20H20FN3O2. The van der Waals surface area contributed by atoms with Crippen LogP contribution in [0.3, 0.4) is 0 Å². The summed E-state index contributed by atoms with van der Waals surface area (Å²) in [4.78, 5) is 14.8. The van der Waals surface area contributed by atoms with Crippen molar-refractivity contribution >= 4 is 17.3 Å². The molecule has 0 atom stereocenters. The molecule has 0 bridgehead atoms. The van der Waals surface area contributed by atoms with Gasteiger partial charge in [-0.1, -0.05) is 0 Å². The molecule has 134 valence electrons. The van der Waals surface area contributed by atoms with Gasteiger partial charge in [-0.15, -0.1) is 0 Å². The number of carbonyl (C=O) groups is 1. The number of rotatable bonds is 4. The number of piperidine rings is 1. The van der Waals surface area contributed by atoms with Crippen molar-refractivity contribution in [1.82, 2.24) is 0 Å². The molecule has 1 heterocycles. The smallest absolute Gasteiger partial charge is 0.258 e. The quantitative estimate of drug-likeness (QED) is 0.904. The van der Waals surface area contributed by atoms with Crippen LogP contribution in [0.15, 0.2) is 36.4 Å². The van der Waals surface area contributed by atoms with Gasteiger partial charge < -0.3 is 15.0 Å². The minimum atomic E-state index is -0.719. The summed E-state index contributed by atoms with van der Waals surface area (Å²) >= 11 is 0. The molecule has 1 aliphatic rings. The highest BCUT2D eigenvalue weighted by molar-refractivity contribution is 6.06. The van der Waals surface area contributed by atoms with Crippen molar-refractivity contribution in [1.29, 1.82) is 5.26 Å². The number of ether oxygens (including phenoxy) is 1. The van der Waals surface area contributed by atoms with Gasteiger partial charge in [0.25, 0.3) is 5.91 Å². The zero-order valence-corrected chi connectivity index (χ0v) is 14.6. The van der Waals surface area contributed by atoms with Crippen LogP contribution in [0.4, 0.5) is 15.8 Å². The molecule has 0 radical (unpaired) electrons. The Morgan fingerprint density at radius 2 is 1.96 bits per heavy atom. The van der Waals surface area contributed by atoms with Gasteiger partial charge in [-0.25, -0.2) is 4.39 Å². The summed E-state index contributed by atoms with van der Waals surface area (Å²) < 4.78 is 19.4. The van der Waals surface area contributed by atoms with Gasteiger partial charge in [0.15, 0.2) is 0 Å². The van der Waals surface area contributed by atoms with E-state index in [-0.39, 0.29) is 11.1 Å². The Kier molecular flexibility index (Phi) is 5.37. The predicted octanol–water partition coefficient (Wildman–Crippen LogP) is 3.95. The molecule has 2 aromatic rings. The highest BCUT2D eigenvalue weighted by Crippen LogP contribution is 2.32. The topological polar surface area (TPSA) is 65.4 Å². The molecule has 0 unspecified atom stereocenters. The fourth-order valence-corrected chi connectivity index (χ4v) is 3.11. The molecule has 1 aliphatic heterocycles. The zero-order valence-electron chi connectivity index (χ0n) is 14.6. The van der Waals surface area contributed by atoms with Gasteiger partial charge in [0.1, 0.15) is 11.6 Å². The van der Waals surface area contributed by atoms with Gasteiger partial charge in [0.2, 0.25) is 0 Å². The molecule has 2 aromatic carbocycles. The van der Waals surface area contributed by atoms with Crippen molar-refractivity contribution < 1.29 is 13.9 Å².